The van der Waals surface area contributed by atoms with Crippen LogP contribution in [0.25, 0.3) is 0 Å². The summed E-state index contributed by atoms with van der Waals surface area (Å²) in [6.07, 6.45) is 0. The van der Waals surface area contributed by atoms with Crippen molar-refractivity contribution in [3.05, 3.63) is 9.93 Å². The van der Waals surface area contributed by atoms with Gasteiger partial charge in [-0.15, -0.1) is 0 Å². The highest BCUT2D eigenvalue weighted by Crippen LogP contribution is 0.741. The van der Waals surface area contributed by atoms with E-state index in [9.17, 15) is 0 Å². The second-order valence-electron chi connectivity index (χ2n) is 0. The molecule has 0 bridgehead atoms. The monoisotopic (exact) mass is 182 g/mol. The first-order valence-electron chi connectivity index (χ1n) is 0.549. The van der Waals surface area contributed by atoms with Gasteiger partial charge in [0.2, 0.25) is 0 Å². The van der Waals surface area contributed by atoms with E-state index in [0.717, 1.165) is 0 Å². The first kappa shape index (κ1) is 163. The maximum Gasteiger partial charge on any atom is 0 e. The molecule has 0 rings (SSSR count). The fourth-order valence-corrected chi connectivity index (χ4v) is 0. The van der Waals surface area contributed by atoms with Crippen LogP contribution < -0.4 is 5.26 Å². The molecule has 0 spiro atoms. The molecule has 0 aliphatic rings. The molecule has 0 unspecified atom stereocenters. The minimum Gasteiger partial charge on any atom is -0.870 e. The van der Waals surface area contributed by atoms with Gasteiger partial charge in [0.1, 0.15) is 0 Å². The Kier molecular flexibility index (Phi) is 23700. The predicted octanol–water partition coefficient (Wildman–Crippen LogP) is -0.189. The van der Waals surface area contributed by atoms with Crippen LogP contribution in [-0.2, 0) is 0 Å². The van der Waals surface area contributed by atoms with Crippen LogP contribution in [0.1, 0.15) is 22.3 Å². The largest absolute Gasteiger partial charge is 0.870 e. The van der Waals surface area contributed by atoms with Crippen molar-refractivity contribution in [2.75, 3.05) is 0 Å². The van der Waals surface area contributed by atoms with Crippen molar-refractivity contribution in [1.82, 2.24) is 0 Å². The van der Waals surface area contributed by atoms with Crippen LogP contribution >= 0.6 is 0 Å². The lowest BCUT2D eigenvalue weighted by Gasteiger charge is -1.61. The summed E-state index contributed by atoms with van der Waals surface area (Å²) in [5, 5.41) is 25.0. The fraction of sp³-hybridized carbons (Fsp3) is 1.00. The van der Waals surface area contributed by atoms with Crippen LogP contribution in [0.4, 0.5) is 0 Å². The van der Waals surface area contributed by atoms with E-state index in [1.807, 2.05) is 0 Å². The van der Waals surface area contributed by atoms with Gasteiger partial charge in [-0.2, -0.15) is 0 Å². The zero-order valence-electron chi connectivity index (χ0n) is 3.51. The molecule has 0 saturated heterocycles. The molecule has 0 radical (unpaired) electrons. The molecule has 0 atom stereocenters. The summed E-state index contributed by atoms with van der Waals surface area (Å²) < 4.78 is 0. The molecule has 80 valence electrons. The highest BCUT2D eigenvalue weighted by Gasteiger charge is 0.746. The van der Waals surface area contributed by atoms with Gasteiger partial charge in [-0.25, -0.2) is 0 Å². The van der Waals surface area contributed by atoms with Crippen LogP contribution in [-0.4, -0.2) is 26.7 Å². The predicted molar refractivity (Wildman–Crippen MR) is 40.4 cm³/mol. The lowest BCUT2D eigenvalue weighted by atomic mass is 12.0. The Morgan fingerprint density at radius 3 is 0.818 bits per heavy atom. The van der Waals surface area contributed by atoms with Crippen molar-refractivity contribution >= 4 is 0 Å². The molecule has 6 N–H and O–H groups in total. The molecule has 0 aliphatic carbocycles. The summed E-state index contributed by atoms with van der Waals surface area (Å²) in [4.78, 5) is 14.0. The third kappa shape index (κ3) is 1240. The van der Waals surface area contributed by atoms with Gasteiger partial charge in [-0.05, 0) is 0 Å². The van der Waals surface area contributed by atoms with E-state index in [1.165, 1.54) is 0 Å². The maximum atomic E-state index is 7.25. The molecule has 11 heavy (non-hydrogen) atoms. The second kappa shape index (κ2) is 1600. The van der Waals surface area contributed by atoms with E-state index in [1.54, 1.807) is 0 Å². The summed E-state index contributed by atoms with van der Waals surface area (Å²) in [5.41, 5.74) is 0. The first-order chi connectivity index (χ1) is 3.00. The van der Waals surface area contributed by atoms with Crippen molar-refractivity contribution in [2.24, 2.45) is 0 Å². The normalized spacial score (nSPS) is 1.45. The second-order valence-corrected chi connectivity index (χ2v) is 0. The van der Waals surface area contributed by atoms with Crippen molar-refractivity contribution in [2.45, 2.75) is 22.3 Å². The Morgan fingerprint density at radius 1 is 0.818 bits per heavy atom. The Balaban J connectivity index is -0.00000000167. The van der Waals surface area contributed by atoms with Gasteiger partial charge in [0.25, 0.3) is 0 Å². The van der Waals surface area contributed by atoms with Crippen LogP contribution in [0.5, 0.6) is 0 Å². The zero-order valence-corrected chi connectivity index (χ0v) is 3.51. The summed E-state index contributed by atoms with van der Waals surface area (Å²) in [6, 6.07) is 0. The van der Waals surface area contributed by atoms with Crippen LogP contribution in [0, 0.1) is 9.93 Å². The summed E-state index contributed by atoms with van der Waals surface area (Å²) in [5.74, 6) is 0. The molecular formula is C3H18O8-2. The molecule has 0 fully saturated rings. The van der Waals surface area contributed by atoms with Gasteiger partial charge < -0.3 is 21.5 Å². The van der Waals surface area contributed by atoms with Gasteiger partial charge in [0, 0.05) is 9.93 Å². The third-order valence-corrected chi connectivity index (χ3v) is 0. The highest BCUT2D eigenvalue weighted by atomic mass is 17.0. The van der Waals surface area contributed by atoms with Crippen LogP contribution in [0.3, 0.4) is 0 Å². The van der Waals surface area contributed by atoms with Crippen molar-refractivity contribution < 1.29 is 32.0 Å². The van der Waals surface area contributed by atoms with Gasteiger partial charge in [0.15, 0.2) is 0 Å². The van der Waals surface area contributed by atoms with E-state index in [-0.39, 0.29) is 33.2 Å². The smallest absolute Gasteiger partial charge is 0 e. The number of hydrogen-bond acceptors (Lipinski definition) is 7. The van der Waals surface area contributed by atoms with Gasteiger partial charge >= 0.3 is 0 Å². The molecule has 0 amide bonds. The molecule has 0 aromatic heterocycles. The molecule has 0 aromatic rings. The quantitative estimate of drug-likeness (QED) is 0.342. The molecule has 0 aromatic carbocycles. The average Bonchev–Trinajstić information content (AvgIpc) is 1.81. The van der Waals surface area contributed by atoms with E-state index in [2.05, 4.69) is 0 Å². The minimum atomic E-state index is 0. The molecule has 0 heterocycles. The lowest BCUT2D eigenvalue weighted by Crippen LogP contribution is -1.84. The Morgan fingerprint density at radius 2 is 0.818 bits per heavy atom. The number of rotatable bonds is 0. The van der Waals surface area contributed by atoms with Crippen molar-refractivity contribution in [3.8, 4) is 0 Å². The van der Waals surface area contributed by atoms with E-state index >= 15 is 0 Å². The minimum absolute atomic E-state index is 0. The molecule has 8 nitrogen and oxygen atoms in total. The van der Waals surface area contributed by atoms with Crippen LogP contribution in [0.15, 0.2) is 0 Å². The first-order valence-corrected chi connectivity index (χ1v) is 0.549. The van der Waals surface area contributed by atoms with Crippen LogP contribution in [0.2, 0.25) is 0 Å². The Bertz CT molecular complexity index is 9.30. The molecular weight excluding hydrogens is 164 g/mol. The summed E-state index contributed by atoms with van der Waals surface area (Å²) >= 11 is 0. The number of hydrogen-bond donors (Lipinski definition) is 3. The molecule has 0 aliphatic heterocycles. The molecule has 0 saturated carbocycles. The van der Waals surface area contributed by atoms with Gasteiger partial charge in [-0.1, -0.05) is 22.3 Å². The van der Waals surface area contributed by atoms with E-state index in [0.29, 0.717) is 0 Å². The average molecular weight is 182 g/mol. The van der Waals surface area contributed by atoms with Gasteiger partial charge in [0.05, 0.1) is 0 Å². The Labute approximate surface area is 65.4 Å². The van der Waals surface area contributed by atoms with E-state index in [4.69, 9.17) is 31.0 Å². The maximum absolute atomic E-state index is 7.25. The summed E-state index contributed by atoms with van der Waals surface area (Å²) in [7, 11) is 0. The Hall–Kier alpha value is -0.640. The summed E-state index contributed by atoms with van der Waals surface area (Å²) in [6.45, 7) is 0. The van der Waals surface area contributed by atoms with E-state index < -0.39 is 0 Å². The topological polar surface area (TPSA) is 179 Å². The SMILES string of the molecule is C.C.C.O.O=O.OO.[O-]O.[OH-]. The fourth-order valence-electron chi connectivity index (χ4n) is 0. The van der Waals surface area contributed by atoms with Crippen molar-refractivity contribution in [3.63, 3.8) is 0 Å². The zero-order chi connectivity index (χ0) is 6.00. The van der Waals surface area contributed by atoms with Crippen molar-refractivity contribution in [1.29, 1.82) is 0 Å². The molecule has 8 heteroatoms. The standard InChI is InChI=1S/3CH4.2H2O2.O2.2H2O/c;;;3*1-2;;/h3*1H4;2*1-2H;;2*1H2/p-2. The highest BCUT2D eigenvalue weighted by molar-refractivity contribution is 4.07. The van der Waals surface area contributed by atoms with Gasteiger partial charge in [-0.3, -0.25) is 10.5 Å². The lowest BCUT2D eigenvalue weighted by molar-refractivity contribution is -0.670. The third-order valence-electron chi connectivity index (χ3n) is 0.